The van der Waals surface area contributed by atoms with E-state index in [1.165, 1.54) is 31.6 Å². The molecule has 2 heterocycles. The van der Waals surface area contributed by atoms with Crippen LogP contribution in [0.4, 0.5) is 0 Å². The van der Waals surface area contributed by atoms with Gasteiger partial charge < -0.3 is 18.6 Å². The zero-order chi connectivity index (χ0) is 15.5. The average molecular weight is 300 g/mol. The molecule has 0 saturated carbocycles. The fraction of sp³-hybridized carbons (Fsp3) is 0.125. The summed E-state index contributed by atoms with van der Waals surface area (Å²) in [4.78, 5) is 23.6. The van der Waals surface area contributed by atoms with Crippen LogP contribution in [0.25, 0.3) is 6.08 Å². The van der Waals surface area contributed by atoms with E-state index in [4.69, 9.17) is 13.9 Å². The van der Waals surface area contributed by atoms with Crippen molar-refractivity contribution in [3.05, 3.63) is 53.7 Å². The maximum Gasteiger partial charge on any atom is 0.337 e. The fourth-order valence-electron chi connectivity index (χ4n) is 2.01. The van der Waals surface area contributed by atoms with Crippen molar-refractivity contribution in [3.63, 3.8) is 0 Å². The molecular formula is C16H12O6. The number of ether oxygens (including phenoxy) is 3. The summed E-state index contributed by atoms with van der Waals surface area (Å²) < 4.78 is 20.4. The third-order valence-electron chi connectivity index (χ3n) is 2.95. The molecule has 0 bridgehead atoms. The van der Waals surface area contributed by atoms with Gasteiger partial charge in [0.2, 0.25) is 5.78 Å². The molecule has 0 spiro atoms. The molecule has 0 unspecified atom stereocenters. The first-order valence-corrected chi connectivity index (χ1v) is 6.49. The van der Waals surface area contributed by atoms with Crippen molar-refractivity contribution in [2.75, 3.05) is 13.7 Å². The molecule has 6 heteroatoms. The van der Waals surface area contributed by atoms with Gasteiger partial charge in [0.1, 0.15) is 23.9 Å². The molecule has 6 nitrogen and oxygen atoms in total. The number of carbonyl (C=O) groups is 2. The third-order valence-corrected chi connectivity index (χ3v) is 2.95. The molecule has 1 aromatic carbocycles. The standard InChI is InChI=1S/C16H12O6/c1-19-9-15(17)21-11-4-5-12-13(8-11)22-14(16(12)18)7-10-3-2-6-20-10/h2-8H,9H2,1H3/b14-7-. The number of methoxy groups -OCH3 is 1. The van der Waals surface area contributed by atoms with Crippen LogP contribution < -0.4 is 9.47 Å². The van der Waals surface area contributed by atoms with E-state index in [0.717, 1.165) is 0 Å². The molecule has 1 aliphatic heterocycles. The van der Waals surface area contributed by atoms with Gasteiger partial charge in [-0.3, -0.25) is 4.79 Å². The van der Waals surface area contributed by atoms with Gasteiger partial charge in [0.25, 0.3) is 0 Å². The molecule has 1 aliphatic rings. The Hall–Kier alpha value is -2.86. The summed E-state index contributed by atoms with van der Waals surface area (Å²) in [6.07, 6.45) is 3.02. The van der Waals surface area contributed by atoms with Crippen LogP contribution in [0.5, 0.6) is 11.5 Å². The lowest BCUT2D eigenvalue weighted by molar-refractivity contribution is -0.138. The maximum atomic E-state index is 12.2. The molecule has 0 saturated heterocycles. The van der Waals surface area contributed by atoms with E-state index in [9.17, 15) is 9.59 Å². The van der Waals surface area contributed by atoms with Gasteiger partial charge in [-0.1, -0.05) is 0 Å². The Kier molecular flexibility index (Phi) is 3.76. The van der Waals surface area contributed by atoms with Crippen molar-refractivity contribution in [1.82, 2.24) is 0 Å². The van der Waals surface area contributed by atoms with Gasteiger partial charge in [-0.2, -0.15) is 0 Å². The summed E-state index contributed by atoms with van der Waals surface area (Å²) in [6.45, 7) is -0.152. The molecule has 1 aromatic heterocycles. The monoisotopic (exact) mass is 300 g/mol. The lowest BCUT2D eigenvalue weighted by atomic mass is 10.1. The van der Waals surface area contributed by atoms with Crippen LogP contribution in [-0.2, 0) is 9.53 Å². The number of allylic oxidation sites excluding steroid dienone is 1. The van der Waals surface area contributed by atoms with E-state index in [1.54, 1.807) is 18.2 Å². The van der Waals surface area contributed by atoms with Gasteiger partial charge in [0.05, 0.1) is 11.8 Å². The summed E-state index contributed by atoms with van der Waals surface area (Å²) >= 11 is 0. The molecular weight excluding hydrogens is 288 g/mol. The number of ketones is 1. The second-order valence-corrected chi connectivity index (χ2v) is 4.52. The largest absolute Gasteiger partial charge is 0.465 e. The summed E-state index contributed by atoms with van der Waals surface area (Å²) in [7, 11) is 1.40. The van der Waals surface area contributed by atoms with Crippen molar-refractivity contribution in [1.29, 1.82) is 0 Å². The van der Waals surface area contributed by atoms with Crippen LogP contribution in [-0.4, -0.2) is 25.5 Å². The van der Waals surface area contributed by atoms with Crippen molar-refractivity contribution < 1.29 is 28.2 Å². The fourth-order valence-corrected chi connectivity index (χ4v) is 2.01. The van der Waals surface area contributed by atoms with Crippen LogP contribution in [0, 0.1) is 0 Å². The SMILES string of the molecule is COCC(=O)Oc1ccc2c(c1)O/C(=C\c1ccco1)C2=O. The second-order valence-electron chi connectivity index (χ2n) is 4.52. The van der Waals surface area contributed by atoms with Crippen LogP contribution in [0.1, 0.15) is 16.1 Å². The lowest BCUT2D eigenvalue weighted by Gasteiger charge is -2.04. The Morgan fingerprint density at radius 2 is 2.18 bits per heavy atom. The van der Waals surface area contributed by atoms with Crippen molar-refractivity contribution in [2.24, 2.45) is 0 Å². The minimum absolute atomic E-state index is 0.152. The minimum atomic E-state index is -0.530. The van der Waals surface area contributed by atoms with E-state index >= 15 is 0 Å². The summed E-state index contributed by atoms with van der Waals surface area (Å²) in [5.41, 5.74) is 0.407. The number of hydrogen-bond acceptors (Lipinski definition) is 6. The zero-order valence-electron chi connectivity index (χ0n) is 11.7. The van der Waals surface area contributed by atoms with Crippen LogP contribution >= 0.6 is 0 Å². The smallest absolute Gasteiger partial charge is 0.337 e. The molecule has 0 aliphatic carbocycles. The Morgan fingerprint density at radius 3 is 2.91 bits per heavy atom. The van der Waals surface area contributed by atoms with Crippen LogP contribution in [0.15, 0.2) is 46.8 Å². The predicted molar refractivity (Wildman–Crippen MR) is 75.6 cm³/mol. The topological polar surface area (TPSA) is 75.0 Å². The number of fused-ring (bicyclic) bond motifs is 1. The molecule has 112 valence electrons. The highest BCUT2D eigenvalue weighted by Gasteiger charge is 2.28. The lowest BCUT2D eigenvalue weighted by Crippen LogP contribution is -2.14. The predicted octanol–water partition coefficient (Wildman–Crippen LogP) is 2.45. The Morgan fingerprint density at radius 1 is 1.32 bits per heavy atom. The van der Waals surface area contributed by atoms with E-state index < -0.39 is 5.97 Å². The normalized spacial score (nSPS) is 14.8. The highest BCUT2D eigenvalue weighted by Crippen LogP contribution is 2.34. The second kappa shape index (κ2) is 5.87. The molecule has 0 radical (unpaired) electrons. The van der Waals surface area contributed by atoms with Crippen molar-refractivity contribution in [3.8, 4) is 11.5 Å². The quantitative estimate of drug-likeness (QED) is 0.490. The molecule has 2 aromatic rings. The van der Waals surface area contributed by atoms with E-state index in [1.807, 2.05) is 0 Å². The zero-order valence-corrected chi connectivity index (χ0v) is 11.7. The first-order valence-electron chi connectivity index (χ1n) is 6.49. The van der Waals surface area contributed by atoms with Gasteiger partial charge in [0, 0.05) is 19.3 Å². The van der Waals surface area contributed by atoms with Crippen molar-refractivity contribution in [2.45, 2.75) is 0 Å². The van der Waals surface area contributed by atoms with Gasteiger partial charge in [0.15, 0.2) is 5.76 Å². The minimum Gasteiger partial charge on any atom is -0.465 e. The molecule has 0 N–H and O–H groups in total. The molecule has 0 fully saturated rings. The van der Waals surface area contributed by atoms with Crippen LogP contribution in [0.2, 0.25) is 0 Å². The Bertz CT molecular complexity index is 742. The third kappa shape index (κ3) is 2.77. The number of hydrogen-bond donors (Lipinski definition) is 0. The van der Waals surface area contributed by atoms with Gasteiger partial charge in [-0.05, 0) is 24.3 Å². The summed E-state index contributed by atoms with van der Waals surface area (Å²) in [6, 6.07) is 8.00. The number of benzene rings is 1. The summed E-state index contributed by atoms with van der Waals surface area (Å²) in [5, 5.41) is 0. The molecule has 22 heavy (non-hydrogen) atoms. The maximum absolute atomic E-state index is 12.2. The number of carbonyl (C=O) groups excluding carboxylic acids is 2. The van der Waals surface area contributed by atoms with Gasteiger partial charge in [-0.15, -0.1) is 0 Å². The molecule has 3 rings (SSSR count). The van der Waals surface area contributed by atoms with E-state index in [0.29, 0.717) is 17.1 Å². The highest BCUT2D eigenvalue weighted by atomic mass is 16.6. The van der Waals surface area contributed by atoms with E-state index in [-0.39, 0.29) is 23.9 Å². The first kappa shape index (κ1) is 14.1. The number of esters is 1. The van der Waals surface area contributed by atoms with Gasteiger partial charge in [-0.25, -0.2) is 4.79 Å². The summed E-state index contributed by atoms with van der Waals surface area (Å²) in [5.74, 6) is 0.519. The van der Waals surface area contributed by atoms with Crippen LogP contribution in [0.3, 0.4) is 0 Å². The number of furan rings is 1. The number of rotatable bonds is 4. The van der Waals surface area contributed by atoms with E-state index in [2.05, 4.69) is 4.74 Å². The Balaban J connectivity index is 1.82. The molecule has 0 atom stereocenters. The highest BCUT2D eigenvalue weighted by molar-refractivity contribution is 6.14. The molecule has 0 amide bonds. The first-order chi connectivity index (χ1) is 10.7. The Labute approximate surface area is 125 Å². The van der Waals surface area contributed by atoms with Gasteiger partial charge >= 0.3 is 5.97 Å². The van der Waals surface area contributed by atoms with Crippen molar-refractivity contribution >= 4 is 17.8 Å². The number of Topliss-reactive ketones (excluding diaryl/α,β-unsaturated/α-hetero) is 1. The average Bonchev–Trinajstić information content (AvgIpc) is 3.09.